The summed E-state index contributed by atoms with van der Waals surface area (Å²) in [6.45, 7) is 0. The number of hydrogen-bond donors (Lipinski definition) is 1. The number of rotatable bonds is 3. The highest BCUT2D eigenvalue weighted by atomic mass is 35.5. The molecule has 3 nitrogen and oxygen atoms in total. The average Bonchev–Trinajstić information content (AvgIpc) is 3.05. The first-order valence-corrected chi connectivity index (χ1v) is 9.50. The Morgan fingerprint density at radius 1 is 1.11 bits per heavy atom. The molecule has 0 saturated carbocycles. The fourth-order valence-corrected chi connectivity index (χ4v) is 3.82. The Balaban J connectivity index is 2.24. The fourth-order valence-electron chi connectivity index (χ4n) is 2.76. The highest BCUT2D eigenvalue weighted by molar-refractivity contribution is 7.98. The molecule has 0 saturated heterocycles. The summed E-state index contributed by atoms with van der Waals surface area (Å²) in [5.74, 6) is 0. The molecule has 2 aromatic carbocycles. The second-order valence-electron chi connectivity index (χ2n) is 5.62. The molecule has 1 aliphatic heterocycles. The van der Waals surface area contributed by atoms with Gasteiger partial charge in [-0.15, -0.1) is 11.8 Å². The maximum absolute atomic E-state index is 13.5. The average molecular weight is 431 g/mol. The molecule has 1 unspecified atom stereocenters. The molecule has 0 radical (unpaired) electrons. The molecule has 0 aromatic heterocycles. The van der Waals surface area contributed by atoms with Crippen molar-refractivity contribution in [3.8, 4) is 6.07 Å². The summed E-state index contributed by atoms with van der Waals surface area (Å²) in [6, 6.07) is 11.1. The molecule has 1 aliphatic rings. The van der Waals surface area contributed by atoms with Crippen molar-refractivity contribution in [2.24, 2.45) is 0 Å². The lowest BCUT2D eigenvalue weighted by molar-refractivity contribution is -0.205. The SMILES string of the molecule is CSc1ccc(C2=C(c3cc(Cl)cc(Cl)c3)C(C(F)(F)F)ON2)cc1C#N. The summed E-state index contributed by atoms with van der Waals surface area (Å²) in [5, 5.41) is 9.71. The van der Waals surface area contributed by atoms with Crippen molar-refractivity contribution < 1.29 is 18.0 Å². The molecule has 27 heavy (non-hydrogen) atoms. The molecule has 1 N–H and O–H groups in total. The second-order valence-corrected chi connectivity index (χ2v) is 7.34. The quantitative estimate of drug-likeness (QED) is 0.613. The van der Waals surface area contributed by atoms with Gasteiger partial charge in [0.25, 0.3) is 0 Å². The summed E-state index contributed by atoms with van der Waals surface area (Å²) in [4.78, 5) is 5.56. The van der Waals surface area contributed by atoms with E-state index >= 15 is 0 Å². The van der Waals surface area contributed by atoms with Crippen LogP contribution in [0.1, 0.15) is 16.7 Å². The smallest absolute Gasteiger partial charge is 0.265 e. The first kappa shape index (κ1) is 19.9. The first-order chi connectivity index (χ1) is 12.7. The summed E-state index contributed by atoms with van der Waals surface area (Å²) < 4.78 is 40.6. The number of alkyl halides is 3. The number of thioether (sulfide) groups is 1. The van der Waals surface area contributed by atoms with Gasteiger partial charge in [0, 0.05) is 26.1 Å². The summed E-state index contributed by atoms with van der Waals surface area (Å²) in [6.07, 6.45) is -5.05. The minimum atomic E-state index is -4.66. The lowest BCUT2D eigenvalue weighted by atomic mass is 9.95. The normalized spacial score (nSPS) is 17.0. The predicted molar refractivity (Wildman–Crippen MR) is 100 cm³/mol. The largest absolute Gasteiger partial charge is 0.421 e. The first-order valence-electron chi connectivity index (χ1n) is 7.52. The Hall–Kier alpha value is -1.85. The Kier molecular flexibility index (Phi) is 5.63. The van der Waals surface area contributed by atoms with Gasteiger partial charge in [0.2, 0.25) is 6.10 Å². The number of halogens is 5. The molecule has 1 atom stereocenters. The number of nitrogens with one attached hydrogen (secondary N) is 1. The van der Waals surface area contributed by atoms with Gasteiger partial charge < -0.3 is 0 Å². The van der Waals surface area contributed by atoms with Crippen LogP contribution < -0.4 is 5.48 Å². The third-order valence-corrected chi connectivity index (χ3v) is 5.12. The molecule has 3 rings (SSSR count). The Labute approximate surface area is 167 Å². The highest BCUT2D eigenvalue weighted by Gasteiger charge is 2.48. The minimum Gasteiger partial charge on any atom is -0.265 e. The highest BCUT2D eigenvalue weighted by Crippen LogP contribution is 2.42. The van der Waals surface area contributed by atoms with E-state index in [0.717, 1.165) is 4.90 Å². The van der Waals surface area contributed by atoms with Crippen LogP contribution in [0.25, 0.3) is 11.3 Å². The zero-order valence-electron chi connectivity index (χ0n) is 13.7. The Bertz CT molecular complexity index is 950. The number of nitrogens with zero attached hydrogens (tertiary/aromatic N) is 1. The third-order valence-electron chi connectivity index (χ3n) is 3.89. The van der Waals surface area contributed by atoms with E-state index in [0.29, 0.717) is 11.1 Å². The van der Waals surface area contributed by atoms with Crippen LogP contribution in [0.3, 0.4) is 0 Å². The fraction of sp³-hybridized carbons (Fsp3) is 0.167. The van der Waals surface area contributed by atoms with Gasteiger partial charge in [-0.3, -0.25) is 10.3 Å². The zero-order valence-corrected chi connectivity index (χ0v) is 16.0. The molecule has 0 amide bonds. The van der Waals surface area contributed by atoms with E-state index in [1.807, 2.05) is 12.3 Å². The van der Waals surface area contributed by atoms with Crippen molar-refractivity contribution in [1.82, 2.24) is 5.48 Å². The van der Waals surface area contributed by atoms with Crippen LogP contribution in [0.2, 0.25) is 10.0 Å². The van der Waals surface area contributed by atoms with E-state index in [9.17, 15) is 18.4 Å². The van der Waals surface area contributed by atoms with Crippen LogP contribution in [0, 0.1) is 11.3 Å². The van der Waals surface area contributed by atoms with Crippen LogP contribution >= 0.6 is 35.0 Å². The maximum atomic E-state index is 13.5. The van der Waals surface area contributed by atoms with E-state index in [1.165, 1.54) is 36.0 Å². The molecular weight excluding hydrogens is 420 g/mol. The molecule has 1 heterocycles. The summed E-state index contributed by atoms with van der Waals surface area (Å²) in [5.41, 5.74) is 3.26. The zero-order chi connectivity index (χ0) is 19.8. The van der Waals surface area contributed by atoms with Gasteiger partial charge in [-0.2, -0.15) is 18.4 Å². The molecule has 0 bridgehead atoms. The van der Waals surface area contributed by atoms with Crippen LogP contribution in [0.5, 0.6) is 0 Å². The minimum absolute atomic E-state index is 0.111. The van der Waals surface area contributed by atoms with Gasteiger partial charge in [0.05, 0.1) is 11.3 Å². The standard InChI is InChI=1S/C18H11Cl2F3N2OS/c1-27-14-3-2-9(4-11(14)8-24)16-15(17(26-25-16)18(21,22)23)10-5-12(19)7-13(20)6-10/h2-7,17,25H,1H3. The molecule has 0 fully saturated rings. The molecule has 140 valence electrons. The number of nitriles is 1. The van der Waals surface area contributed by atoms with Crippen molar-refractivity contribution in [2.45, 2.75) is 17.2 Å². The van der Waals surface area contributed by atoms with Gasteiger partial charge in [-0.25, -0.2) is 0 Å². The molecular formula is C18H11Cl2F3N2OS. The molecule has 2 aromatic rings. The lowest BCUT2D eigenvalue weighted by Gasteiger charge is -2.17. The van der Waals surface area contributed by atoms with Crippen molar-refractivity contribution in [3.05, 3.63) is 63.1 Å². The van der Waals surface area contributed by atoms with E-state index in [-0.39, 0.29) is 26.9 Å². The van der Waals surface area contributed by atoms with Gasteiger partial charge in [-0.1, -0.05) is 29.3 Å². The van der Waals surface area contributed by atoms with Gasteiger partial charge in [0.1, 0.15) is 6.07 Å². The van der Waals surface area contributed by atoms with Gasteiger partial charge in [-0.05, 0) is 42.2 Å². The molecule has 0 aliphatic carbocycles. The number of benzene rings is 2. The molecule has 9 heteroatoms. The van der Waals surface area contributed by atoms with Gasteiger partial charge in [0.15, 0.2) is 0 Å². The molecule has 0 spiro atoms. The van der Waals surface area contributed by atoms with E-state index in [1.54, 1.807) is 12.1 Å². The van der Waals surface area contributed by atoms with Crippen molar-refractivity contribution >= 4 is 46.2 Å². The van der Waals surface area contributed by atoms with E-state index in [4.69, 9.17) is 28.0 Å². The van der Waals surface area contributed by atoms with Crippen LogP contribution in [0.4, 0.5) is 13.2 Å². The topological polar surface area (TPSA) is 45.0 Å². The lowest BCUT2D eigenvalue weighted by Crippen LogP contribution is -2.31. The Morgan fingerprint density at radius 3 is 2.33 bits per heavy atom. The van der Waals surface area contributed by atoms with Crippen LogP contribution in [-0.2, 0) is 4.84 Å². The predicted octanol–water partition coefficient (Wildman–Crippen LogP) is 5.92. The Morgan fingerprint density at radius 2 is 1.78 bits per heavy atom. The van der Waals surface area contributed by atoms with E-state index < -0.39 is 12.3 Å². The third kappa shape index (κ3) is 4.04. The van der Waals surface area contributed by atoms with Crippen LogP contribution in [0.15, 0.2) is 41.3 Å². The monoisotopic (exact) mass is 430 g/mol. The van der Waals surface area contributed by atoms with Crippen LogP contribution in [-0.4, -0.2) is 18.5 Å². The second kappa shape index (κ2) is 7.64. The van der Waals surface area contributed by atoms with Crippen molar-refractivity contribution in [2.75, 3.05) is 6.26 Å². The summed E-state index contributed by atoms with van der Waals surface area (Å²) in [7, 11) is 0. The van der Waals surface area contributed by atoms with Crippen molar-refractivity contribution in [1.29, 1.82) is 5.26 Å². The van der Waals surface area contributed by atoms with Crippen molar-refractivity contribution in [3.63, 3.8) is 0 Å². The van der Waals surface area contributed by atoms with Gasteiger partial charge >= 0.3 is 6.18 Å². The maximum Gasteiger partial charge on any atom is 0.421 e. The number of hydrogen-bond acceptors (Lipinski definition) is 4. The number of hydroxylamine groups is 1. The van der Waals surface area contributed by atoms with E-state index in [2.05, 4.69) is 5.48 Å². The summed E-state index contributed by atoms with van der Waals surface area (Å²) >= 11 is 13.3.